The van der Waals surface area contributed by atoms with Crippen LogP contribution in [0.25, 0.3) is 0 Å². The number of nitrogens with zero attached hydrogens (tertiary/aromatic N) is 1. The molecular formula is C7H15NOS. The van der Waals surface area contributed by atoms with Crippen molar-refractivity contribution in [2.45, 2.75) is 26.0 Å². The number of thiol groups is 1. The van der Waals surface area contributed by atoms with Gasteiger partial charge in [0.1, 0.15) is 0 Å². The zero-order valence-electron chi connectivity index (χ0n) is 6.79. The van der Waals surface area contributed by atoms with E-state index in [9.17, 15) is 4.79 Å². The molecule has 0 unspecified atom stereocenters. The zero-order valence-corrected chi connectivity index (χ0v) is 7.69. The van der Waals surface area contributed by atoms with Crippen molar-refractivity contribution in [2.24, 2.45) is 0 Å². The molecule has 60 valence electrons. The molecule has 0 aromatic carbocycles. The van der Waals surface area contributed by atoms with Crippen LogP contribution in [0.4, 0.5) is 0 Å². The second-order valence-corrected chi connectivity index (χ2v) is 2.96. The Balaban J connectivity index is 3.89. The molecule has 0 aromatic heterocycles. The average Bonchev–Trinajstić information content (AvgIpc) is 1.90. The molecule has 0 N–H and O–H groups in total. The molecule has 0 bridgehead atoms. The van der Waals surface area contributed by atoms with Crippen LogP contribution in [-0.2, 0) is 4.79 Å². The summed E-state index contributed by atoms with van der Waals surface area (Å²) in [6.45, 7) is 7.29. The Labute approximate surface area is 68.0 Å². The summed E-state index contributed by atoms with van der Waals surface area (Å²) >= 11 is 4.05. The molecule has 1 atom stereocenters. The Bertz CT molecular complexity index is 110. The third-order valence-corrected chi connectivity index (χ3v) is 1.65. The van der Waals surface area contributed by atoms with Gasteiger partial charge in [0.25, 0.3) is 0 Å². The third-order valence-electron chi connectivity index (χ3n) is 1.43. The largest absolute Gasteiger partial charge is 0.342 e. The van der Waals surface area contributed by atoms with Gasteiger partial charge in [-0.15, -0.1) is 0 Å². The molecule has 2 nitrogen and oxygen atoms in total. The summed E-state index contributed by atoms with van der Waals surface area (Å²) in [4.78, 5) is 12.9. The summed E-state index contributed by atoms with van der Waals surface area (Å²) in [6.07, 6.45) is 0. The fraction of sp³-hybridized carbons (Fsp3) is 0.857. The lowest BCUT2D eigenvalue weighted by Crippen LogP contribution is -2.35. The van der Waals surface area contributed by atoms with Gasteiger partial charge >= 0.3 is 0 Å². The molecule has 0 spiro atoms. The van der Waals surface area contributed by atoms with Crippen LogP contribution in [0.15, 0.2) is 0 Å². The molecule has 0 rings (SSSR count). The van der Waals surface area contributed by atoms with Crippen molar-refractivity contribution in [3.8, 4) is 0 Å². The SMILES string of the molecule is CCN(CC)C(=O)[C@H](C)S. The highest BCUT2D eigenvalue weighted by molar-refractivity contribution is 7.81. The summed E-state index contributed by atoms with van der Waals surface area (Å²) in [5, 5.41) is -0.167. The lowest BCUT2D eigenvalue weighted by Gasteiger charge is -2.19. The van der Waals surface area contributed by atoms with Crippen molar-refractivity contribution in [3.63, 3.8) is 0 Å². The number of carbonyl (C=O) groups is 1. The maximum atomic E-state index is 11.2. The van der Waals surface area contributed by atoms with Crippen molar-refractivity contribution < 1.29 is 4.79 Å². The second-order valence-electron chi connectivity index (χ2n) is 2.19. The third kappa shape index (κ3) is 2.60. The van der Waals surface area contributed by atoms with Crippen LogP contribution < -0.4 is 0 Å². The molecule has 0 fully saturated rings. The number of amides is 1. The smallest absolute Gasteiger partial charge is 0.235 e. The highest BCUT2D eigenvalue weighted by atomic mass is 32.1. The van der Waals surface area contributed by atoms with Crippen LogP contribution in [0.2, 0.25) is 0 Å². The van der Waals surface area contributed by atoms with Gasteiger partial charge in [0.05, 0.1) is 5.25 Å². The van der Waals surface area contributed by atoms with Crippen molar-refractivity contribution >= 4 is 18.5 Å². The van der Waals surface area contributed by atoms with Crippen LogP contribution in [0.1, 0.15) is 20.8 Å². The molecule has 0 saturated heterocycles. The molecule has 1 amide bonds. The Hall–Kier alpha value is -0.180. The highest BCUT2D eigenvalue weighted by Gasteiger charge is 2.13. The van der Waals surface area contributed by atoms with Gasteiger partial charge < -0.3 is 4.90 Å². The first-order valence-electron chi connectivity index (χ1n) is 3.60. The van der Waals surface area contributed by atoms with Crippen molar-refractivity contribution in [2.75, 3.05) is 13.1 Å². The molecule has 0 aliphatic heterocycles. The van der Waals surface area contributed by atoms with E-state index in [4.69, 9.17) is 0 Å². The lowest BCUT2D eigenvalue weighted by atomic mass is 10.4. The van der Waals surface area contributed by atoms with Gasteiger partial charge in [0.15, 0.2) is 0 Å². The van der Waals surface area contributed by atoms with E-state index in [1.807, 2.05) is 13.8 Å². The van der Waals surface area contributed by atoms with Crippen LogP contribution in [-0.4, -0.2) is 29.1 Å². The summed E-state index contributed by atoms with van der Waals surface area (Å²) in [6, 6.07) is 0. The minimum absolute atomic E-state index is 0.119. The minimum atomic E-state index is -0.167. The van der Waals surface area contributed by atoms with Gasteiger partial charge in [-0.25, -0.2) is 0 Å². The molecule has 0 aliphatic rings. The summed E-state index contributed by atoms with van der Waals surface area (Å²) in [5.41, 5.74) is 0. The monoisotopic (exact) mass is 161 g/mol. The van der Waals surface area contributed by atoms with E-state index in [1.165, 1.54) is 0 Å². The van der Waals surface area contributed by atoms with Gasteiger partial charge in [-0.2, -0.15) is 12.6 Å². The minimum Gasteiger partial charge on any atom is -0.342 e. The van der Waals surface area contributed by atoms with E-state index >= 15 is 0 Å². The standard InChI is InChI=1S/C7H15NOS/c1-4-8(5-2)7(9)6(3)10/h6,10H,4-5H2,1-3H3/t6-/m0/s1. The highest BCUT2D eigenvalue weighted by Crippen LogP contribution is 1.99. The number of rotatable bonds is 3. The number of hydrogen-bond acceptors (Lipinski definition) is 2. The predicted octanol–water partition coefficient (Wildman–Crippen LogP) is 1.17. The fourth-order valence-corrected chi connectivity index (χ4v) is 0.963. The average molecular weight is 161 g/mol. The lowest BCUT2D eigenvalue weighted by molar-refractivity contribution is -0.129. The number of hydrogen-bond donors (Lipinski definition) is 1. The second kappa shape index (κ2) is 4.61. The molecule has 0 aromatic rings. The van der Waals surface area contributed by atoms with Crippen molar-refractivity contribution in [1.82, 2.24) is 4.90 Å². The first-order valence-corrected chi connectivity index (χ1v) is 4.12. The molecule has 0 radical (unpaired) electrons. The van der Waals surface area contributed by atoms with Gasteiger partial charge in [-0.05, 0) is 20.8 Å². The zero-order chi connectivity index (χ0) is 8.15. The summed E-state index contributed by atoms with van der Waals surface area (Å²) in [7, 11) is 0. The van der Waals surface area contributed by atoms with Gasteiger partial charge in [-0.3, -0.25) is 4.79 Å². The van der Waals surface area contributed by atoms with E-state index < -0.39 is 0 Å². The van der Waals surface area contributed by atoms with Crippen molar-refractivity contribution in [1.29, 1.82) is 0 Å². The van der Waals surface area contributed by atoms with Gasteiger partial charge in [0.2, 0.25) is 5.91 Å². The van der Waals surface area contributed by atoms with E-state index in [0.29, 0.717) is 0 Å². The van der Waals surface area contributed by atoms with E-state index in [1.54, 1.807) is 11.8 Å². The number of carbonyl (C=O) groups excluding carboxylic acids is 1. The molecule has 0 saturated carbocycles. The normalized spacial score (nSPS) is 12.8. The van der Waals surface area contributed by atoms with E-state index in [-0.39, 0.29) is 11.2 Å². The predicted molar refractivity (Wildman–Crippen MR) is 46.4 cm³/mol. The van der Waals surface area contributed by atoms with E-state index in [0.717, 1.165) is 13.1 Å². The molecule has 3 heteroatoms. The quantitative estimate of drug-likeness (QED) is 0.616. The Morgan fingerprint density at radius 3 is 2.00 bits per heavy atom. The topological polar surface area (TPSA) is 20.3 Å². The molecule has 10 heavy (non-hydrogen) atoms. The van der Waals surface area contributed by atoms with Crippen LogP contribution in [0.3, 0.4) is 0 Å². The van der Waals surface area contributed by atoms with E-state index in [2.05, 4.69) is 12.6 Å². The Morgan fingerprint density at radius 1 is 1.50 bits per heavy atom. The maximum Gasteiger partial charge on any atom is 0.235 e. The molecular weight excluding hydrogens is 146 g/mol. The Morgan fingerprint density at radius 2 is 1.90 bits per heavy atom. The first-order chi connectivity index (χ1) is 4.63. The van der Waals surface area contributed by atoms with Gasteiger partial charge in [0, 0.05) is 13.1 Å². The summed E-state index contributed by atoms with van der Waals surface area (Å²) < 4.78 is 0. The van der Waals surface area contributed by atoms with Crippen LogP contribution in [0, 0.1) is 0 Å². The van der Waals surface area contributed by atoms with Crippen LogP contribution in [0.5, 0.6) is 0 Å². The summed E-state index contributed by atoms with van der Waals surface area (Å²) in [5.74, 6) is 0.119. The van der Waals surface area contributed by atoms with Gasteiger partial charge in [-0.1, -0.05) is 0 Å². The fourth-order valence-electron chi connectivity index (χ4n) is 0.800. The molecule has 0 aliphatic carbocycles. The first kappa shape index (κ1) is 9.82. The van der Waals surface area contributed by atoms with Crippen LogP contribution >= 0.6 is 12.6 Å². The van der Waals surface area contributed by atoms with Crippen molar-refractivity contribution in [3.05, 3.63) is 0 Å². The Kier molecular flexibility index (Phi) is 4.52. The molecule has 0 heterocycles. The maximum absolute atomic E-state index is 11.2.